The van der Waals surface area contributed by atoms with Crippen LogP contribution in [0.4, 0.5) is 4.79 Å². The number of rotatable bonds is 7. The number of ether oxygens (including phenoxy) is 1. The Morgan fingerprint density at radius 2 is 2.05 bits per heavy atom. The van der Waals surface area contributed by atoms with Gasteiger partial charge in [0.1, 0.15) is 5.60 Å². The Hall–Kier alpha value is -0.770. The second kappa shape index (κ2) is 7.13. The van der Waals surface area contributed by atoms with Crippen LogP contribution in [-0.2, 0) is 4.74 Å². The van der Waals surface area contributed by atoms with Crippen molar-refractivity contribution in [2.75, 3.05) is 20.1 Å². The van der Waals surface area contributed by atoms with Gasteiger partial charge in [0.15, 0.2) is 0 Å². The fourth-order valence-corrected chi connectivity index (χ4v) is 2.03. The molecule has 1 unspecified atom stereocenters. The maximum atomic E-state index is 11.7. The fraction of sp³-hybridized carbons (Fsp3) is 0.933. The summed E-state index contributed by atoms with van der Waals surface area (Å²) < 4.78 is 5.31. The summed E-state index contributed by atoms with van der Waals surface area (Å²) in [5.41, 5.74) is -0.414. The van der Waals surface area contributed by atoms with E-state index in [9.17, 15) is 4.79 Å². The number of carbonyl (C=O) groups excluding carboxylic acids is 1. The van der Waals surface area contributed by atoms with Gasteiger partial charge < -0.3 is 15.0 Å². The molecule has 0 saturated heterocycles. The highest BCUT2D eigenvalue weighted by molar-refractivity contribution is 5.67. The predicted molar refractivity (Wildman–Crippen MR) is 78.3 cm³/mol. The first kappa shape index (κ1) is 16.3. The zero-order chi connectivity index (χ0) is 14.5. The molecule has 4 nitrogen and oxygen atoms in total. The van der Waals surface area contributed by atoms with Crippen molar-refractivity contribution < 1.29 is 9.53 Å². The molecule has 4 heteroatoms. The number of nitrogens with one attached hydrogen (secondary N) is 1. The minimum Gasteiger partial charge on any atom is -0.444 e. The first-order valence-corrected chi connectivity index (χ1v) is 7.45. The number of hydrogen-bond acceptors (Lipinski definition) is 3. The largest absolute Gasteiger partial charge is 0.444 e. The quantitative estimate of drug-likeness (QED) is 0.723. The van der Waals surface area contributed by atoms with Gasteiger partial charge >= 0.3 is 6.09 Å². The number of hydrogen-bond donors (Lipinski definition) is 1. The Balaban J connectivity index is 2.05. The Bertz CT molecular complexity index is 282. The van der Waals surface area contributed by atoms with E-state index < -0.39 is 5.60 Å². The van der Waals surface area contributed by atoms with E-state index in [0.717, 1.165) is 25.4 Å². The molecule has 1 fully saturated rings. The van der Waals surface area contributed by atoms with Gasteiger partial charge in [0, 0.05) is 19.6 Å². The highest BCUT2D eigenvalue weighted by Gasteiger charge is 2.23. The topological polar surface area (TPSA) is 41.6 Å². The van der Waals surface area contributed by atoms with E-state index in [2.05, 4.69) is 12.2 Å². The lowest BCUT2D eigenvalue weighted by Gasteiger charge is -2.24. The molecule has 19 heavy (non-hydrogen) atoms. The summed E-state index contributed by atoms with van der Waals surface area (Å²) in [6.45, 7) is 9.61. The van der Waals surface area contributed by atoms with Gasteiger partial charge in [-0.3, -0.25) is 0 Å². The van der Waals surface area contributed by atoms with E-state index in [-0.39, 0.29) is 6.09 Å². The second-order valence-electron chi connectivity index (χ2n) is 6.79. The molecular weight excluding hydrogens is 240 g/mol. The van der Waals surface area contributed by atoms with E-state index >= 15 is 0 Å². The van der Waals surface area contributed by atoms with Crippen LogP contribution in [0.25, 0.3) is 0 Å². The summed E-state index contributed by atoms with van der Waals surface area (Å²) in [6, 6.07) is 0.597. The molecule has 0 heterocycles. The SMILES string of the molecule is CC(CC1CC1)NCCCN(C)C(=O)OC(C)(C)C. The molecule has 1 amide bonds. The Kier molecular flexibility index (Phi) is 6.11. The smallest absolute Gasteiger partial charge is 0.410 e. The zero-order valence-electron chi connectivity index (χ0n) is 13.2. The molecule has 1 aliphatic carbocycles. The second-order valence-corrected chi connectivity index (χ2v) is 6.79. The molecule has 1 N–H and O–H groups in total. The monoisotopic (exact) mass is 270 g/mol. The molecule has 112 valence electrons. The summed E-state index contributed by atoms with van der Waals surface area (Å²) in [4.78, 5) is 13.4. The normalized spacial score (nSPS) is 17.1. The van der Waals surface area contributed by atoms with Crippen molar-refractivity contribution in [1.29, 1.82) is 0 Å². The summed E-state index contributed by atoms with van der Waals surface area (Å²) in [7, 11) is 1.79. The summed E-state index contributed by atoms with van der Waals surface area (Å²) in [5, 5.41) is 3.52. The summed E-state index contributed by atoms with van der Waals surface area (Å²) in [5.74, 6) is 0.965. The van der Waals surface area contributed by atoms with Gasteiger partial charge in [-0.1, -0.05) is 12.8 Å². The van der Waals surface area contributed by atoms with Crippen LogP contribution in [0.2, 0.25) is 0 Å². The minimum atomic E-state index is -0.414. The van der Waals surface area contributed by atoms with Gasteiger partial charge in [0.25, 0.3) is 0 Å². The predicted octanol–water partition coefficient (Wildman–Crippen LogP) is 3.02. The van der Waals surface area contributed by atoms with Crippen LogP contribution in [0.1, 0.15) is 53.4 Å². The van der Waals surface area contributed by atoms with Crippen LogP contribution in [0, 0.1) is 5.92 Å². The molecule has 0 radical (unpaired) electrons. The lowest BCUT2D eigenvalue weighted by Crippen LogP contribution is -2.36. The minimum absolute atomic E-state index is 0.237. The molecule has 0 aromatic rings. The van der Waals surface area contributed by atoms with E-state index in [4.69, 9.17) is 4.74 Å². The van der Waals surface area contributed by atoms with Crippen LogP contribution in [-0.4, -0.2) is 42.8 Å². The first-order valence-electron chi connectivity index (χ1n) is 7.45. The molecule has 1 atom stereocenters. The van der Waals surface area contributed by atoms with Crippen molar-refractivity contribution in [2.45, 2.75) is 65.0 Å². The third-order valence-corrected chi connectivity index (χ3v) is 3.25. The number of carbonyl (C=O) groups is 1. The summed E-state index contributed by atoms with van der Waals surface area (Å²) >= 11 is 0. The van der Waals surface area contributed by atoms with Crippen LogP contribution >= 0.6 is 0 Å². The molecule has 1 saturated carbocycles. The van der Waals surface area contributed by atoms with Gasteiger partial charge in [-0.25, -0.2) is 4.79 Å². The maximum Gasteiger partial charge on any atom is 0.410 e. The maximum absolute atomic E-state index is 11.7. The van der Waals surface area contributed by atoms with Crippen molar-refractivity contribution in [3.8, 4) is 0 Å². The van der Waals surface area contributed by atoms with Crippen LogP contribution in [0.15, 0.2) is 0 Å². The third-order valence-electron chi connectivity index (χ3n) is 3.25. The van der Waals surface area contributed by atoms with Crippen molar-refractivity contribution >= 4 is 6.09 Å². The molecule has 0 spiro atoms. The highest BCUT2D eigenvalue weighted by Crippen LogP contribution is 2.33. The van der Waals surface area contributed by atoms with E-state index in [1.165, 1.54) is 19.3 Å². The molecule has 0 bridgehead atoms. The number of amides is 1. The summed E-state index contributed by atoms with van der Waals surface area (Å²) in [6.07, 6.45) is 4.84. The van der Waals surface area contributed by atoms with Gasteiger partial charge in [-0.15, -0.1) is 0 Å². The van der Waals surface area contributed by atoms with Gasteiger partial charge in [0.05, 0.1) is 0 Å². The number of nitrogens with zero attached hydrogens (tertiary/aromatic N) is 1. The first-order chi connectivity index (χ1) is 8.78. The zero-order valence-corrected chi connectivity index (χ0v) is 13.2. The van der Waals surface area contributed by atoms with E-state index in [0.29, 0.717) is 6.04 Å². The Morgan fingerprint density at radius 1 is 1.42 bits per heavy atom. The van der Waals surface area contributed by atoms with Crippen LogP contribution in [0.3, 0.4) is 0 Å². The van der Waals surface area contributed by atoms with Crippen molar-refractivity contribution in [1.82, 2.24) is 10.2 Å². The van der Waals surface area contributed by atoms with E-state index in [1.54, 1.807) is 11.9 Å². The average Bonchev–Trinajstić information content (AvgIpc) is 3.05. The average molecular weight is 270 g/mol. The molecule has 0 aromatic heterocycles. The molecule has 0 aliphatic heterocycles. The molecule has 1 aliphatic rings. The Morgan fingerprint density at radius 3 is 2.58 bits per heavy atom. The van der Waals surface area contributed by atoms with Crippen molar-refractivity contribution in [3.63, 3.8) is 0 Å². The highest BCUT2D eigenvalue weighted by atomic mass is 16.6. The van der Waals surface area contributed by atoms with Gasteiger partial charge in [-0.2, -0.15) is 0 Å². The fourth-order valence-electron chi connectivity index (χ4n) is 2.03. The molecular formula is C15H30N2O2. The molecule has 0 aromatic carbocycles. The lowest BCUT2D eigenvalue weighted by atomic mass is 10.1. The Labute approximate surface area is 117 Å². The van der Waals surface area contributed by atoms with Gasteiger partial charge in [-0.05, 0) is 53.0 Å². The third kappa shape index (κ3) is 8.09. The standard InChI is InChI=1S/C15H30N2O2/c1-12(11-13-7-8-13)16-9-6-10-17(5)14(18)19-15(2,3)4/h12-13,16H,6-11H2,1-5H3. The van der Waals surface area contributed by atoms with E-state index in [1.807, 2.05) is 20.8 Å². The molecule has 1 rings (SSSR count). The lowest BCUT2D eigenvalue weighted by molar-refractivity contribution is 0.0297. The van der Waals surface area contributed by atoms with Crippen LogP contribution < -0.4 is 5.32 Å². The van der Waals surface area contributed by atoms with Crippen molar-refractivity contribution in [3.05, 3.63) is 0 Å². The van der Waals surface area contributed by atoms with Crippen LogP contribution in [0.5, 0.6) is 0 Å². The van der Waals surface area contributed by atoms with Crippen molar-refractivity contribution in [2.24, 2.45) is 5.92 Å². The van der Waals surface area contributed by atoms with Gasteiger partial charge in [0.2, 0.25) is 0 Å².